The van der Waals surface area contributed by atoms with Gasteiger partial charge in [-0.15, -0.1) is 0 Å². The second-order valence-corrected chi connectivity index (χ2v) is 6.01. The highest BCUT2D eigenvalue weighted by molar-refractivity contribution is 5.95. The van der Waals surface area contributed by atoms with Gasteiger partial charge in [0.1, 0.15) is 5.60 Å². The summed E-state index contributed by atoms with van der Waals surface area (Å²) < 4.78 is 5.03. The molecule has 0 aromatic carbocycles. The Labute approximate surface area is 107 Å². The fourth-order valence-corrected chi connectivity index (χ4v) is 1.23. The number of carboxylic acid groups (broad SMARTS) is 1. The van der Waals surface area contributed by atoms with E-state index in [1.54, 1.807) is 34.6 Å². The quantitative estimate of drug-likeness (QED) is 0.579. The highest BCUT2D eigenvalue weighted by atomic mass is 16.6. The maximum Gasteiger partial charge on any atom is 0.331 e. The topological polar surface area (TPSA) is 83.8 Å². The number of aliphatic carboxylic acids is 1. The highest BCUT2D eigenvalue weighted by Crippen LogP contribution is 2.24. The molecule has 0 aliphatic carbocycles. The van der Waals surface area contributed by atoms with E-state index in [1.165, 1.54) is 0 Å². The van der Waals surface area contributed by atoms with Crippen molar-refractivity contribution < 1.29 is 24.5 Å². The molecule has 0 unspecified atom stereocenters. The van der Waals surface area contributed by atoms with Crippen LogP contribution in [-0.2, 0) is 14.3 Å². The third-order valence-corrected chi connectivity index (χ3v) is 2.07. The third kappa shape index (κ3) is 7.06. The van der Waals surface area contributed by atoms with Gasteiger partial charge in [-0.05, 0) is 32.6 Å². The summed E-state index contributed by atoms with van der Waals surface area (Å²) >= 11 is 0. The molecule has 0 fully saturated rings. The fourth-order valence-electron chi connectivity index (χ4n) is 1.23. The number of aliphatic hydroxyl groups excluding tert-OH is 1. The molecule has 0 bridgehead atoms. The van der Waals surface area contributed by atoms with Gasteiger partial charge in [-0.25, -0.2) is 9.59 Å². The van der Waals surface area contributed by atoms with E-state index in [0.29, 0.717) is 0 Å². The van der Waals surface area contributed by atoms with Crippen LogP contribution >= 0.6 is 0 Å². The zero-order valence-electron chi connectivity index (χ0n) is 11.6. The summed E-state index contributed by atoms with van der Waals surface area (Å²) in [5, 5.41) is 18.1. The van der Waals surface area contributed by atoms with Gasteiger partial charge in [-0.1, -0.05) is 13.8 Å². The lowest BCUT2D eigenvalue weighted by Gasteiger charge is -2.22. The summed E-state index contributed by atoms with van der Waals surface area (Å²) in [5.41, 5.74) is -1.32. The molecule has 0 aliphatic rings. The summed E-state index contributed by atoms with van der Waals surface area (Å²) in [5.74, 6) is -1.86. The Morgan fingerprint density at radius 1 is 1.17 bits per heavy atom. The lowest BCUT2D eigenvalue weighted by Crippen LogP contribution is -2.24. The predicted octanol–water partition coefficient (Wildman–Crippen LogP) is 1.75. The minimum Gasteiger partial charge on any atom is -0.478 e. The molecule has 0 aromatic heterocycles. The van der Waals surface area contributed by atoms with E-state index in [1.807, 2.05) is 0 Å². The number of aliphatic hydroxyl groups is 1. The van der Waals surface area contributed by atoms with Crippen LogP contribution in [0.1, 0.15) is 41.0 Å². The van der Waals surface area contributed by atoms with Gasteiger partial charge in [0.2, 0.25) is 0 Å². The van der Waals surface area contributed by atoms with Crippen molar-refractivity contribution in [3.63, 3.8) is 0 Å². The molecular formula is C13H22O5. The number of carbonyl (C=O) groups excluding carboxylic acids is 1. The van der Waals surface area contributed by atoms with Crippen LogP contribution < -0.4 is 0 Å². The maximum absolute atomic E-state index is 11.5. The Balaban J connectivity index is 4.91. The van der Waals surface area contributed by atoms with Gasteiger partial charge in [0, 0.05) is 18.3 Å². The van der Waals surface area contributed by atoms with Crippen molar-refractivity contribution in [3.05, 3.63) is 11.6 Å². The maximum atomic E-state index is 11.5. The summed E-state index contributed by atoms with van der Waals surface area (Å²) in [7, 11) is 0. The van der Waals surface area contributed by atoms with Gasteiger partial charge in [-0.3, -0.25) is 0 Å². The van der Waals surface area contributed by atoms with Crippen molar-refractivity contribution in [3.8, 4) is 0 Å². The van der Waals surface area contributed by atoms with E-state index < -0.39 is 23.0 Å². The average Bonchev–Trinajstić information content (AvgIpc) is 2.13. The Morgan fingerprint density at radius 3 is 2.00 bits per heavy atom. The first-order valence-electron chi connectivity index (χ1n) is 5.74. The van der Waals surface area contributed by atoms with E-state index in [0.717, 1.165) is 6.08 Å². The van der Waals surface area contributed by atoms with Crippen LogP contribution in [0.3, 0.4) is 0 Å². The zero-order valence-corrected chi connectivity index (χ0v) is 11.6. The van der Waals surface area contributed by atoms with E-state index in [-0.39, 0.29) is 18.6 Å². The molecular weight excluding hydrogens is 236 g/mol. The Hall–Kier alpha value is -1.36. The minimum absolute atomic E-state index is 0.0664. The molecule has 0 atom stereocenters. The molecule has 18 heavy (non-hydrogen) atoms. The molecule has 0 heterocycles. The van der Waals surface area contributed by atoms with Crippen molar-refractivity contribution >= 4 is 11.9 Å². The van der Waals surface area contributed by atoms with Gasteiger partial charge in [0.05, 0.1) is 0 Å². The van der Waals surface area contributed by atoms with Gasteiger partial charge in [0.15, 0.2) is 0 Å². The first-order chi connectivity index (χ1) is 7.97. The van der Waals surface area contributed by atoms with Crippen molar-refractivity contribution in [1.82, 2.24) is 0 Å². The lowest BCUT2D eigenvalue weighted by atomic mass is 9.86. The standard InChI is InChI=1S/C13H22O5/c1-12(2,3)18-10(15)6-9(11(16)17)7-13(4,5)8-14/h6,14H,7-8H2,1-5H3,(H,16,17)/b9-6+. The van der Waals surface area contributed by atoms with E-state index in [4.69, 9.17) is 14.9 Å². The molecule has 104 valence electrons. The van der Waals surface area contributed by atoms with Crippen LogP contribution in [0.5, 0.6) is 0 Å². The van der Waals surface area contributed by atoms with E-state index in [9.17, 15) is 9.59 Å². The number of esters is 1. The highest BCUT2D eigenvalue weighted by Gasteiger charge is 2.24. The van der Waals surface area contributed by atoms with Crippen LogP contribution in [0, 0.1) is 5.41 Å². The number of carboxylic acids is 1. The molecule has 0 aliphatic heterocycles. The van der Waals surface area contributed by atoms with Crippen molar-refractivity contribution in [2.24, 2.45) is 5.41 Å². The van der Waals surface area contributed by atoms with Gasteiger partial charge in [-0.2, -0.15) is 0 Å². The second-order valence-electron chi connectivity index (χ2n) is 6.01. The van der Waals surface area contributed by atoms with E-state index >= 15 is 0 Å². The van der Waals surface area contributed by atoms with E-state index in [2.05, 4.69) is 0 Å². The second kappa shape index (κ2) is 6.00. The molecule has 0 amide bonds. The number of hydrogen-bond acceptors (Lipinski definition) is 4. The van der Waals surface area contributed by atoms with Gasteiger partial charge in [0.25, 0.3) is 0 Å². The summed E-state index contributed by atoms with van der Waals surface area (Å²) in [6, 6.07) is 0. The number of hydrogen-bond donors (Lipinski definition) is 2. The van der Waals surface area contributed by atoms with Crippen LogP contribution in [0.25, 0.3) is 0 Å². The van der Waals surface area contributed by atoms with Crippen molar-refractivity contribution in [2.75, 3.05) is 6.61 Å². The average molecular weight is 258 g/mol. The minimum atomic E-state index is -1.18. The third-order valence-electron chi connectivity index (χ3n) is 2.07. The first-order valence-corrected chi connectivity index (χ1v) is 5.74. The molecule has 0 saturated carbocycles. The fraction of sp³-hybridized carbons (Fsp3) is 0.692. The molecule has 0 radical (unpaired) electrons. The summed E-state index contributed by atoms with van der Waals surface area (Å²) in [6.45, 7) is 8.40. The number of rotatable bonds is 5. The summed E-state index contributed by atoms with van der Waals surface area (Å²) in [6.07, 6.45) is 1.07. The monoisotopic (exact) mass is 258 g/mol. The van der Waals surface area contributed by atoms with Gasteiger partial charge < -0.3 is 14.9 Å². The smallest absolute Gasteiger partial charge is 0.331 e. The van der Waals surface area contributed by atoms with Crippen molar-refractivity contribution in [2.45, 2.75) is 46.6 Å². The van der Waals surface area contributed by atoms with Crippen LogP contribution in [-0.4, -0.2) is 34.4 Å². The predicted molar refractivity (Wildman–Crippen MR) is 67.0 cm³/mol. The molecule has 2 N–H and O–H groups in total. The van der Waals surface area contributed by atoms with Crippen LogP contribution in [0.15, 0.2) is 11.6 Å². The number of carbonyl (C=O) groups is 2. The largest absolute Gasteiger partial charge is 0.478 e. The normalized spacial score (nSPS) is 13.3. The zero-order chi connectivity index (χ0) is 14.6. The first kappa shape index (κ1) is 16.6. The molecule has 5 heteroatoms. The Kier molecular flexibility index (Phi) is 5.55. The molecule has 5 nitrogen and oxygen atoms in total. The Bertz CT molecular complexity index is 347. The SMILES string of the molecule is CC(C)(CO)C/C(=C\C(=O)OC(C)(C)C)C(=O)O. The molecule has 0 spiro atoms. The van der Waals surface area contributed by atoms with Crippen molar-refractivity contribution in [1.29, 1.82) is 0 Å². The lowest BCUT2D eigenvalue weighted by molar-refractivity contribution is -0.149. The van der Waals surface area contributed by atoms with Gasteiger partial charge >= 0.3 is 11.9 Å². The molecule has 0 saturated heterocycles. The van der Waals surface area contributed by atoms with Crippen LogP contribution in [0.2, 0.25) is 0 Å². The number of ether oxygens (including phenoxy) is 1. The molecule has 0 aromatic rings. The Morgan fingerprint density at radius 2 is 1.67 bits per heavy atom. The van der Waals surface area contributed by atoms with Crippen LogP contribution in [0.4, 0.5) is 0 Å². The summed E-state index contributed by atoms with van der Waals surface area (Å²) in [4.78, 5) is 22.6. The molecule has 0 rings (SSSR count).